The lowest BCUT2D eigenvalue weighted by Crippen LogP contribution is -2.39. The van der Waals surface area contributed by atoms with E-state index in [1.165, 1.54) is 12.8 Å². The van der Waals surface area contributed by atoms with Crippen molar-refractivity contribution in [3.63, 3.8) is 0 Å². The van der Waals surface area contributed by atoms with Crippen LogP contribution in [0.5, 0.6) is 0 Å². The molecule has 1 aliphatic rings. The highest BCUT2D eigenvalue weighted by Crippen LogP contribution is 2.32. The van der Waals surface area contributed by atoms with Gasteiger partial charge < -0.3 is 9.63 Å². The van der Waals surface area contributed by atoms with Crippen molar-refractivity contribution in [3.05, 3.63) is 35.7 Å². The van der Waals surface area contributed by atoms with Gasteiger partial charge in [0.25, 0.3) is 0 Å². The van der Waals surface area contributed by atoms with Crippen LogP contribution in [0, 0.1) is 11.8 Å². The molecule has 1 unspecified atom stereocenters. The Balaban J connectivity index is 1.70. The van der Waals surface area contributed by atoms with E-state index in [2.05, 4.69) is 14.7 Å². The number of hydrogen-bond donors (Lipinski definition) is 1. The minimum Gasteiger partial charge on any atom is -0.378 e. The molecule has 0 spiro atoms. The van der Waals surface area contributed by atoms with Crippen LogP contribution in [0.1, 0.15) is 38.1 Å². The van der Waals surface area contributed by atoms with Gasteiger partial charge in [0.05, 0.1) is 0 Å². The Morgan fingerprint density at radius 1 is 1.23 bits per heavy atom. The van der Waals surface area contributed by atoms with Crippen LogP contribution >= 0.6 is 0 Å². The minimum absolute atomic E-state index is 0.0964. The maximum atomic E-state index is 12.5. The van der Waals surface area contributed by atoms with Crippen LogP contribution in [0.25, 0.3) is 11.4 Å². The average molecular weight is 369 g/mol. The Kier molecular flexibility index (Phi) is 5.34. The Morgan fingerprint density at radius 2 is 1.88 bits per heavy atom. The quantitative estimate of drug-likeness (QED) is 0.749. The highest BCUT2D eigenvalue weighted by atomic mass is 19.4. The number of benzene rings is 1. The third kappa shape index (κ3) is 4.62. The first-order valence-corrected chi connectivity index (χ1v) is 8.66. The maximum absolute atomic E-state index is 12.5. The molecule has 1 heterocycles. The minimum atomic E-state index is -4.65. The summed E-state index contributed by atoms with van der Waals surface area (Å²) >= 11 is 0. The van der Waals surface area contributed by atoms with Gasteiger partial charge in [-0.3, -0.25) is 4.90 Å². The van der Waals surface area contributed by atoms with Gasteiger partial charge >= 0.3 is 12.1 Å². The molecule has 1 aromatic heterocycles. The molecule has 1 N–H and O–H groups in total. The number of rotatable bonds is 7. The summed E-state index contributed by atoms with van der Waals surface area (Å²) in [6.07, 6.45) is -2.79. The van der Waals surface area contributed by atoms with E-state index in [0.29, 0.717) is 18.0 Å². The number of aromatic nitrogens is 2. The number of aliphatic hydroxyl groups excluding tert-OH is 1. The van der Waals surface area contributed by atoms with Gasteiger partial charge in [-0.2, -0.15) is 18.2 Å². The van der Waals surface area contributed by atoms with Crippen LogP contribution in [-0.2, 0) is 12.7 Å². The predicted octanol–water partition coefficient (Wildman–Crippen LogP) is 3.94. The maximum Gasteiger partial charge on any atom is 0.471 e. The second-order valence-electron chi connectivity index (χ2n) is 7.15. The van der Waals surface area contributed by atoms with Crippen LogP contribution in [0.3, 0.4) is 0 Å². The molecule has 0 aliphatic heterocycles. The summed E-state index contributed by atoms with van der Waals surface area (Å²) < 4.78 is 41.9. The molecule has 0 amide bonds. The van der Waals surface area contributed by atoms with Crippen LogP contribution in [-0.4, -0.2) is 32.9 Å². The number of halogens is 3. The molecule has 26 heavy (non-hydrogen) atoms. The molecule has 1 aliphatic carbocycles. The monoisotopic (exact) mass is 369 g/mol. The standard InChI is InChI=1S/C18H22F3N3O2/c1-11(2)16(25)24(9-12-3-4-12)10-13-5-7-14(8-6-13)15-22-17(26-23-15)18(19,20)21/h5-8,11-12,16,25H,3-4,9-10H2,1-2H3. The summed E-state index contributed by atoms with van der Waals surface area (Å²) in [5.74, 6) is -0.691. The van der Waals surface area contributed by atoms with E-state index < -0.39 is 18.3 Å². The Hall–Kier alpha value is -1.93. The predicted molar refractivity (Wildman–Crippen MR) is 88.7 cm³/mol. The zero-order chi connectivity index (χ0) is 18.9. The number of aliphatic hydroxyl groups is 1. The molecule has 0 radical (unpaired) electrons. The second-order valence-corrected chi connectivity index (χ2v) is 7.15. The summed E-state index contributed by atoms with van der Waals surface area (Å²) in [6.45, 7) is 5.38. The fourth-order valence-electron chi connectivity index (χ4n) is 2.77. The molecule has 5 nitrogen and oxygen atoms in total. The van der Waals surface area contributed by atoms with E-state index in [-0.39, 0.29) is 11.7 Å². The van der Waals surface area contributed by atoms with Crippen LogP contribution < -0.4 is 0 Å². The van der Waals surface area contributed by atoms with E-state index in [1.807, 2.05) is 30.9 Å². The topological polar surface area (TPSA) is 62.4 Å². The third-order valence-corrected chi connectivity index (χ3v) is 4.43. The SMILES string of the molecule is CC(C)C(O)N(Cc1ccc(-c2noc(C(F)(F)F)n2)cc1)CC1CC1. The lowest BCUT2D eigenvalue weighted by Gasteiger charge is -2.30. The van der Waals surface area contributed by atoms with Crippen molar-refractivity contribution in [1.29, 1.82) is 0 Å². The molecule has 3 rings (SSSR count). The smallest absolute Gasteiger partial charge is 0.378 e. The normalized spacial score (nSPS) is 16.5. The molecule has 1 saturated carbocycles. The van der Waals surface area contributed by atoms with E-state index in [0.717, 1.165) is 12.1 Å². The summed E-state index contributed by atoms with van der Waals surface area (Å²) in [7, 11) is 0. The summed E-state index contributed by atoms with van der Waals surface area (Å²) in [6, 6.07) is 6.95. The van der Waals surface area contributed by atoms with Crippen molar-refractivity contribution in [3.8, 4) is 11.4 Å². The average Bonchev–Trinajstić information content (AvgIpc) is 3.24. The van der Waals surface area contributed by atoms with Crippen LogP contribution in [0.2, 0.25) is 0 Å². The lowest BCUT2D eigenvalue weighted by molar-refractivity contribution is -0.159. The van der Waals surface area contributed by atoms with Crippen molar-refractivity contribution < 1.29 is 22.8 Å². The van der Waals surface area contributed by atoms with E-state index in [4.69, 9.17) is 0 Å². The van der Waals surface area contributed by atoms with E-state index >= 15 is 0 Å². The first kappa shape index (κ1) is 18.8. The zero-order valence-electron chi connectivity index (χ0n) is 14.7. The fourth-order valence-corrected chi connectivity index (χ4v) is 2.77. The van der Waals surface area contributed by atoms with Gasteiger partial charge in [-0.05, 0) is 30.2 Å². The van der Waals surface area contributed by atoms with Gasteiger partial charge in [0.1, 0.15) is 6.23 Å². The Bertz CT molecular complexity index is 724. The molecule has 0 bridgehead atoms. The van der Waals surface area contributed by atoms with Gasteiger partial charge in [-0.15, -0.1) is 0 Å². The number of alkyl halides is 3. The molecule has 0 saturated heterocycles. The number of hydrogen-bond acceptors (Lipinski definition) is 5. The van der Waals surface area contributed by atoms with E-state index in [1.54, 1.807) is 12.1 Å². The highest BCUT2D eigenvalue weighted by Gasteiger charge is 2.38. The molecule has 1 fully saturated rings. The lowest BCUT2D eigenvalue weighted by atomic mass is 10.1. The van der Waals surface area contributed by atoms with Gasteiger partial charge in [-0.25, -0.2) is 0 Å². The molecule has 142 valence electrons. The van der Waals surface area contributed by atoms with Crippen LogP contribution in [0.4, 0.5) is 13.2 Å². The molecule has 2 aromatic rings. The van der Waals surface area contributed by atoms with Crippen molar-refractivity contribution >= 4 is 0 Å². The van der Waals surface area contributed by atoms with Crippen molar-refractivity contribution in [2.45, 2.75) is 45.6 Å². The van der Waals surface area contributed by atoms with Crippen LogP contribution in [0.15, 0.2) is 28.8 Å². The largest absolute Gasteiger partial charge is 0.471 e. The first-order chi connectivity index (χ1) is 12.2. The third-order valence-electron chi connectivity index (χ3n) is 4.43. The van der Waals surface area contributed by atoms with Gasteiger partial charge in [-0.1, -0.05) is 43.3 Å². The fraction of sp³-hybridized carbons (Fsp3) is 0.556. The molecular weight excluding hydrogens is 347 g/mol. The van der Waals surface area contributed by atoms with Crippen molar-refractivity contribution in [2.24, 2.45) is 11.8 Å². The summed E-state index contributed by atoms with van der Waals surface area (Å²) in [5, 5.41) is 13.8. The zero-order valence-corrected chi connectivity index (χ0v) is 14.7. The highest BCUT2D eigenvalue weighted by molar-refractivity contribution is 5.54. The molecular formula is C18H22F3N3O2. The van der Waals surface area contributed by atoms with Crippen molar-refractivity contribution in [2.75, 3.05) is 6.54 Å². The summed E-state index contributed by atoms with van der Waals surface area (Å²) in [4.78, 5) is 5.44. The second kappa shape index (κ2) is 7.36. The first-order valence-electron chi connectivity index (χ1n) is 8.66. The van der Waals surface area contributed by atoms with E-state index in [9.17, 15) is 18.3 Å². The Morgan fingerprint density at radius 3 is 2.38 bits per heavy atom. The van der Waals surface area contributed by atoms with Crippen molar-refractivity contribution in [1.82, 2.24) is 15.0 Å². The van der Waals surface area contributed by atoms with Gasteiger partial charge in [0, 0.05) is 18.7 Å². The summed E-state index contributed by atoms with van der Waals surface area (Å²) in [5.41, 5.74) is 1.42. The Labute approximate surface area is 149 Å². The molecule has 8 heteroatoms. The number of nitrogens with zero attached hydrogens (tertiary/aromatic N) is 3. The molecule has 1 atom stereocenters. The van der Waals surface area contributed by atoms with Gasteiger partial charge in [0.15, 0.2) is 0 Å². The van der Waals surface area contributed by atoms with Gasteiger partial charge in [0.2, 0.25) is 5.82 Å². The molecule has 1 aromatic carbocycles.